The van der Waals surface area contributed by atoms with E-state index in [2.05, 4.69) is 4.99 Å². The Morgan fingerprint density at radius 3 is 2.54 bits per heavy atom. The highest BCUT2D eigenvalue weighted by Gasteiger charge is 2.31. The van der Waals surface area contributed by atoms with Gasteiger partial charge in [0, 0.05) is 11.1 Å². The van der Waals surface area contributed by atoms with Crippen molar-refractivity contribution in [3.8, 4) is 0 Å². The monoisotopic (exact) mass is 323 g/mol. The van der Waals surface area contributed by atoms with E-state index < -0.39 is 18.0 Å². The number of benzene rings is 2. The quantitative estimate of drug-likeness (QED) is 0.864. The second-order valence-electron chi connectivity index (χ2n) is 5.31. The summed E-state index contributed by atoms with van der Waals surface area (Å²) in [5.41, 5.74) is 8.77. The molecule has 2 aromatic rings. The number of nitrogens with two attached hydrogens (primary N) is 1. The van der Waals surface area contributed by atoms with Crippen LogP contribution in [0.25, 0.3) is 0 Å². The SMILES string of the molecule is COC(=O)CN1C(=O)C(N)N=C(c2ccccc2)c2ccccc21. The van der Waals surface area contributed by atoms with E-state index in [0.29, 0.717) is 11.4 Å². The van der Waals surface area contributed by atoms with Crippen molar-refractivity contribution in [2.45, 2.75) is 6.17 Å². The molecular formula is C18H17N3O3. The van der Waals surface area contributed by atoms with Crippen LogP contribution in [0.2, 0.25) is 0 Å². The fraction of sp³-hybridized carbons (Fsp3) is 0.167. The van der Waals surface area contributed by atoms with Gasteiger partial charge in [0.25, 0.3) is 5.91 Å². The average molecular weight is 323 g/mol. The second kappa shape index (κ2) is 6.64. The molecule has 0 aromatic heterocycles. The molecule has 2 N–H and O–H groups in total. The summed E-state index contributed by atoms with van der Waals surface area (Å²) in [6.45, 7) is -0.211. The third kappa shape index (κ3) is 2.91. The second-order valence-corrected chi connectivity index (χ2v) is 5.31. The van der Waals surface area contributed by atoms with Gasteiger partial charge in [-0.15, -0.1) is 0 Å². The fourth-order valence-electron chi connectivity index (χ4n) is 2.63. The van der Waals surface area contributed by atoms with Crippen LogP contribution >= 0.6 is 0 Å². The zero-order chi connectivity index (χ0) is 17.1. The molecule has 0 bridgehead atoms. The van der Waals surface area contributed by atoms with Crippen LogP contribution in [0, 0.1) is 0 Å². The first-order valence-electron chi connectivity index (χ1n) is 7.48. The Morgan fingerprint density at radius 2 is 1.83 bits per heavy atom. The maximum atomic E-state index is 12.6. The van der Waals surface area contributed by atoms with E-state index in [1.807, 2.05) is 42.5 Å². The molecule has 6 heteroatoms. The van der Waals surface area contributed by atoms with Crippen LogP contribution in [-0.4, -0.2) is 37.4 Å². The lowest BCUT2D eigenvalue weighted by Crippen LogP contribution is -2.45. The lowest BCUT2D eigenvalue weighted by molar-refractivity contribution is -0.140. The fourth-order valence-corrected chi connectivity index (χ4v) is 2.63. The maximum absolute atomic E-state index is 12.6. The van der Waals surface area contributed by atoms with Crippen molar-refractivity contribution >= 4 is 23.3 Å². The van der Waals surface area contributed by atoms with Crippen LogP contribution in [0.3, 0.4) is 0 Å². The topological polar surface area (TPSA) is 85.0 Å². The van der Waals surface area contributed by atoms with Crippen molar-refractivity contribution in [3.05, 3.63) is 65.7 Å². The number of fused-ring (bicyclic) bond motifs is 1. The number of benzodiazepines with no additional fused rings is 1. The number of aliphatic imine (C=N–C) groups is 1. The molecule has 1 aliphatic heterocycles. The molecule has 3 rings (SSSR count). The summed E-state index contributed by atoms with van der Waals surface area (Å²) < 4.78 is 4.69. The standard InChI is InChI=1S/C18H17N3O3/c1-24-15(22)11-21-14-10-6-5-9-13(14)16(20-17(19)18(21)23)12-7-3-2-4-8-12/h2-10,17H,11,19H2,1H3. The van der Waals surface area contributed by atoms with E-state index >= 15 is 0 Å². The molecule has 0 fully saturated rings. The Balaban J connectivity index is 2.15. The summed E-state index contributed by atoms with van der Waals surface area (Å²) >= 11 is 0. The van der Waals surface area contributed by atoms with E-state index in [9.17, 15) is 9.59 Å². The van der Waals surface area contributed by atoms with Gasteiger partial charge >= 0.3 is 5.97 Å². The first-order chi connectivity index (χ1) is 11.6. The number of carbonyl (C=O) groups excluding carboxylic acids is 2. The largest absolute Gasteiger partial charge is 0.468 e. The predicted octanol–water partition coefficient (Wildman–Crippen LogP) is 1.33. The van der Waals surface area contributed by atoms with E-state index in [1.54, 1.807) is 12.1 Å². The number of nitrogens with zero attached hydrogens (tertiary/aromatic N) is 2. The molecule has 1 amide bonds. The average Bonchev–Trinajstić information content (AvgIpc) is 2.73. The number of esters is 1. The van der Waals surface area contributed by atoms with E-state index in [1.165, 1.54) is 12.0 Å². The molecule has 122 valence electrons. The highest BCUT2D eigenvalue weighted by Crippen LogP contribution is 2.27. The molecule has 1 heterocycles. The number of hydrogen-bond donors (Lipinski definition) is 1. The summed E-state index contributed by atoms with van der Waals surface area (Å²) in [4.78, 5) is 30.1. The van der Waals surface area contributed by atoms with Crippen molar-refractivity contribution < 1.29 is 14.3 Å². The van der Waals surface area contributed by atoms with Gasteiger partial charge in [-0.3, -0.25) is 19.5 Å². The summed E-state index contributed by atoms with van der Waals surface area (Å²) in [5.74, 6) is -0.965. The van der Waals surface area contributed by atoms with Crippen molar-refractivity contribution in [1.82, 2.24) is 0 Å². The van der Waals surface area contributed by atoms with Crippen LogP contribution in [0.1, 0.15) is 11.1 Å². The van der Waals surface area contributed by atoms with Crippen molar-refractivity contribution in [1.29, 1.82) is 0 Å². The van der Waals surface area contributed by atoms with E-state index in [4.69, 9.17) is 10.5 Å². The summed E-state index contributed by atoms with van der Waals surface area (Å²) in [5, 5.41) is 0. The minimum atomic E-state index is -1.09. The molecule has 0 aliphatic carbocycles. The molecule has 1 aliphatic rings. The molecule has 0 saturated heterocycles. The highest BCUT2D eigenvalue weighted by molar-refractivity contribution is 6.20. The summed E-state index contributed by atoms with van der Waals surface area (Å²) in [7, 11) is 1.28. The van der Waals surface area contributed by atoms with Crippen LogP contribution in [0.15, 0.2) is 59.6 Å². The number of ether oxygens (including phenoxy) is 1. The molecule has 0 saturated carbocycles. The molecule has 1 atom stereocenters. The number of hydrogen-bond acceptors (Lipinski definition) is 5. The molecule has 24 heavy (non-hydrogen) atoms. The third-order valence-corrected chi connectivity index (χ3v) is 3.80. The number of anilines is 1. The number of amides is 1. The van der Waals surface area contributed by atoms with Crippen molar-refractivity contribution in [2.24, 2.45) is 10.7 Å². The highest BCUT2D eigenvalue weighted by atomic mass is 16.5. The van der Waals surface area contributed by atoms with Crippen LogP contribution in [0.4, 0.5) is 5.69 Å². The maximum Gasteiger partial charge on any atom is 0.325 e. The lowest BCUT2D eigenvalue weighted by atomic mass is 10.0. The number of methoxy groups -OCH3 is 1. The van der Waals surface area contributed by atoms with Crippen LogP contribution in [0.5, 0.6) is 0 Å². The molecule has 2 aromatic carbocycles. The third-order valence-electron chi connectivity index (χ3n) is 3.80. The van der Waals surface area contributed by atoms with Crippen LogP contribution in [-0.2, 0) is 14.3 Å². The Morgan fingerprint density at radius 1 is 1.17 bits per heavy atom. The van der Waals surface area contributed by atoms with Gasteiger partial charge in [0.15, 0.2) is 6.17 Å². The number of carbonyl (C=O) groups is 2. The van der Waals surface area contributed by atoms with Gasteiger partial charge < -0.3 is 10.5 Å². The Kier molecular flexibility index (Phi) is 4.39. The van der Waals surface area contributed by atoms with Gasteiger partial charge in [-0.1, -0.05) is 48.5 Å². The normalized spacial score (nSPS) is 16.9. The Hall–Kier alpha value is -2.99. The first kappa shape index (κ1) is 15.9. The predicted molar refractivity (Wildman–Crippen MR) is 90.9 cm³/mol. The molecule has 0 spiro atoms. The van der Waals surface area contributed by atoms with Gasteiger partial charge in [0.1, 0.15) is 6.54 Å². The van der Waals surface area contributed by atoms with Gasteiger partial charge in [0.05, 0.1) is 18.5 Å². The number of para-hydroxylation sites is 1. The first-order valence-corrected chi connectivity index (χ1v) is 7.48. The molecule has 1 unspecified atom stereocenters. The summed E-state index contributed by atoms with van der Waals surface area (Å²) in [6, 6.07) is 16.8. The molecule has 6 nitrogen and oxygen atoms in total. The van der Waals surface area contributed by atoms with Gasteiger partial charge in [-0.05, 0) is 6.07 Å². The van der Waals surface area contributed by atoms with E-state index in [0.717, 1.165) is 11.1 Å². The van der Waals surface area contributed by atoms with E-state index in [-0.39, 0.29) is 6.54 Å². The molecule has 0 radical (unpaired) electrons. The van der Waals surface area contributed by atoms with Crippen LogP contribution < -0.4 is 10.6 Å². The zero-order valence-corrected chi connectivity index (χ0v) is 13.2. The smallest absolute Gasteiger partial charge is 0.325 e. The Labute approximate surface area is 139 Å². The minimum Gasteiger partial charge on any atom is -0.468 e. The van der Waals surface area contributed by atoms with Gasteiger partial charge in [-0.2, -0.15) is 0 Å². The Bertz CT molecular complexity index is 802. The zero-order valence-electron chi connectivity index (χ0n) is 13.2. The van der Waals surface area contributed by atoms with Crippen molar-refractivity contribution in [2.75, 3.05) is 18.6 Å². The minimum absolute atomic E-state index is 0.211. The van der Waals surface area contributed by atoms with Gasteiger partial charge in [0.2, 0.25) is 0 Å². The molecular weight excluding hydrogens is 306 g/mol. The number of rotatable bonds is 3. The lowest BCUT2D eigenvalue weighted by Gasteiger charge is -2.22. The van der Waals surface area contributed by atoms with Crippen molar-refractivity contribution in [3.63, 3.8) is 0 Å². The summed E-state index contributed by atoms with van der Waals surface area (Å²) in [6.07, 6.45) is -1.09. The van der Waals surface area contributed by atoms with Gasteiger partial charge in [-0.25, -0.2) is 0 Å².